The maximum Gasteiger partial charge on any atom is 0.330 e. The van der Waals surface area contributed by atoms with Gasteiger partial charge in [-0.05, 0) is 58.8 Å². The summed E-state index contributed by atoms with van der Waals surface area (Å²) in [6.45, 7) is 2.34. The second kappa shape index (κ2) is 9.86. The Labute approximate surface area is 170 Å². The molecular weight excluding hydrogens is 443 g/mol. The van der Waals surface area contributed by atoms with Crippen LogP contribution < -0.4 is 9.47 Å². The quantitative estimate of drug-likeness (QED) is 0.380. The molecule has 7 heteroatoms. The van der Waals surface area contributed by atoms with Crippen LogP contribution in [-0.4, -0.2) is 19.7 Å². The van der Waals surface area contributed by atoms with E-state index in [-0.39, 0.29) is 6.61 Å². The van der Waals surface area contributed by atoms with Gasteiger partial charge in [-0.2, -0.15) is 0 Å². The third-order valence-corrected chi connectivity index (χ3v) is 4.51. The van der Waals surface area contributed by atoms with Gasteiger partial charge in [0.05, 0.1) is 18.2 Å². The summed E-state index contributed by atoms with van der Waals surface area (Å²) < 4.78 is 16.8. The van der Waals surface area contributed by atoms with Gasteiger partial charge in [-0.3, -0.25) is 0 Å². The van der Waals surface area contributed by atoms with Crippen LogP contribution in [0, 0.1) is 0 Å². The third-order valence-electron chi connectivity index (χ3n) is 3.34. The molecule has 0 saturated heterocycles. The summed E-state index contributed by atoms with van der Waals surface area (Å²) in [6, 6.07) is 8.80. The van der Waals surface area contributed by atoms with Gasteiger partial charge in [-0.15, -0.1) is 0 Å². The fourth-order valence-electron chi connectivity index (χ4n) is 2.12. The van der Waals surface area contributed by atoms with E-state index < -0.39 is 5.97 Å². The molecule has 0 aliphatic rings. The van der Waals surface area contributed by atoms with Gasteiger partial charge in [0.1, 0.15) is 6.61 Å². The molecule has 2 aromatic rings. The van der Waals surface area contributed by atoms with Crippen molar-refractivity contribution in [3.63, 3.8) is 0 Å². The highest BCUT2D eigenvalue weighted by atomic mass is 79.9. The van der Waals surface area contributed by atoms with Crippen LogP contribution in [0.25, 0.3) is 6.08 Å². The first-order valence-corrected chi connectivity index (χ1v) is 9.28. The van der Waals surface area contributed by atoms with Gasteiger partial charge >= 0.3 is 5.97 Å². The van der Waals surface area contributed by atoms with E-state index in [1.54, 1.807) is 38.3 Å². The molecule has 0 amide bonds. The number of hydrogen-bond donors (Lipinski definition) is 0. The smallest absolute Gasteiger partial charge is 0.330 e. The van der Waals surface area contributed by atoms with Crippen LogP contribution in [0.1, 0.15) is 18.1 Å². The minimum atomic E-state index is -0.403. The van der Waals surface area contributed by atoms with Crippen LogP contribution in [0.2, 0.25) is 10.0 Å². The number of hydrogen-bond acceptors (Lipinski definition) is 4. The number of halogens is 3. The average Bonchev–Trinajstić information content (AvgIpc) is 2.60. The predicted octanol–water partition coefficient (Wildman–Crippen LogP) is 5.92. The van der Waals surface area contributed by atoms with Crippen molar-refractivity contribution in [3.8, 4) is 11.5 Å². The van der Waals surface area contributed by atoms with Crippen LogP contribution >= 0.6 is 39.1 Å². The van der Waals surface area contributed by atoms with Gasteiger partial charge in [-0.1, -0.05) is 29.3 Å². The van der Waals surface area contributed by atoms with Gasteiger partial charge in [-0.25, -0.2) is 4.79 Å². The highest BCUT2D eigenvalue weighted by Gasteiger charge is 2.12. The number of carbonyl (C=O) groups is 1. The molecule has 4 nitrogen and oxygen atoms in total. The van der Waals surface area contributed by atoms with E-state index in [0.717, 1.165) is 11.1 Å². The first kappa shape index (κ1) is 20.6. The molecule has 0 aliphatic heterocycles. The van der Waals surface area contributed by atoms with E-state index >= 15 is 0 Å². The fourth-order valence-corrected chi connectivity index (χ4v) is 3.16. The molecule has 0 N–H and O–H groups in total. The molecule has 0 saturated carbocycles. The van der Waals surface area contributed by atoms with Crippen molar-refractivity contribution in [2.45, 2.75) is 13.5 Å². The van der Waals surface area contributed by atoms with E-state index in [1.807, 2.05) is 12.1 Å². The normalized spacial score (nSPS) is 10.8. The lowest BCUT2D eigenvalue weighted by molar-refractivity contribution is -0.137. The molecule has 0 aromatic heterocycles. The summed E-state index contributed by atoms with van der Waals surface area (Å²) in [6.07, 6.45) is 3.00. The lowest BCUT2D eigenvalue weighted by atomic mass is 10.2. The number of esters is 1. The Hall–Kier alpha value is -1.69. The molecule has 0 fully saturated rings. The van der Waals surface area contributed by atoms with Crippen LogP contribution in [0.3, 0.4) is 0 Å². The van der Waals surface area contributed by atoms with Crippen LogP contribution in [-0.2, 0) is 16.1 Å². The molecular formula is C19H17BrCl2O4. The van der Waals surface area contributed by atoms with E-state index in [0.29, 0.717) is 32.6 Å². The minimum Gasteiger partial charge on any atom is -0.493 e. The lowest BCUT2D eigenvalue weighted by Crippen LogP contribution is -2.00. The van der Waals surface area contributed by atoms with Crippen LogP contribution in [0.5, 0.6) is 11.5 Å². The minimum absolute atomic E-state index is 0.253. The van der Waals surface area contributed by atoms with Crippen molar-refractivity contribution in [1.82, 2.24) is 0 Å². The molecule has 26 heavy (non-hydrogen) atoms. The van der Waals surface area contributed by atoms with Crippen LogP contribution in [0.15, 0.2) is 40.9 Å². The zero-order valence-corrected chi connectivity index (χ0v) is 17.3. The highest BCUT2D eigenvalue weighted by Crippen LogP contribution is 2.38. The summed E-state index contributed by atoms with van der Waals surface area (Å²) in [7, 11) is 1.54. The van der Waals surface area contributed by atoms with Gasteiger partial charge in [0, 0.05) is 21.7 Å². The van der Waals surface area contributed by atoms with Crippen molar-refractivity contribution in [3.05, 3.63) is 62.1 Å². The number of carbonyl (C=O) groups excluding carboxylic acids is 1. The van der Waals surface area contributed by atoms with Crippen molar-refractivity contribution in [2.75, 3.05) is 13.7 Å². The van der Waals surface area contributed by atoms with E-state index in [4.69, 9.17) is 37.4 Å². The van der Waals surface area contributed by atoms with Crippen molar-refractivity contribution >= 4 is 51.2 Å². The maximum atomic E-state index is 11.4. The molecule has 0 aliphatic carbocycles. The summed E-state index contributed by atoms with van der Waals surface area (Å²) in [5, 5.41) is 1.09. The first-order valence-electron chi connectivity index (χ1n) is 7.73. The molecule has 2 aromatic carbocycles. The molecule has 0 unspecified atom stereocenters. The number of ether oxygens (including phenoxy) is 3. The highest BCUT2D eigenvalue weighted by molar-refractivity contribution is 9.10. The Morgan fingerprint density at radius 3 is 2.65 bits per heavy atom. The van der Waals surface area contributed by atoms with Gasteiger partial charge in [0.15, 0.2) is 11.5 Å². The molecule has 0 heterocycles. The summed E-state index contributed by atoms with van der Waals surface area (Å²) in [5.74, 6) is 0.653. The molecule has 0 radical (unpaired) electrons. The Balaban J connectivity index is 2.19. The van der Waals surface area contributed by atoms with Crippen molar-refractivity contribution < 1.29 is 19.0 Å². The fraction of sp³-hybridized carbons (Fsp3) is 0.211. The van der Waals surface area contributed by atoms with Gasteiger partial charge in [0.25, 0.3) is 0 Å². The Morgan fingerprint density at radius 2 is 2.00 bits per heavy atom. The van der Waals surface area contributed by atoms with Crippen molar-refractivity contribution in [2.24, 2.45) is 0 Å². The Morgan fingerprint density at radius 1 is 1.23 bits per heavy atom. The number of benzene rings is 2. The van der Waals surface area contributed by atoms with E-state index in [2.05, 4.69) is 15.9 Å². The number of rotatable bonds is 7. The maximum absolute atomic E-state index is 11.4. The summed E-state index contributed by atoms with van der Waals surface area (Å²) >= 11 is 15.5. The molecule has 0 spiro atoms. The summed E-state index contributed by atoms with van der Waals surface area (Å²) in [5.41, 5.74) is 1.56. The SMILES string of the molecule is CCOC(=O)/C=C/c1cc(Br)c(OCc2ccc(Cl)cc2Cl)c(OC)c1. The van der Waals surface area contributed by atoms with Crippen molar-refractivity contribution in [1.29, 1.82) is 0 Å². The number of methoxy groups -OCH3 is 1. The molecule has 2 rings (SSSR count). The molecule has 138 valence electrons. The van der Waals surface area contributed by atoms with Gasteiger partial charge < -0.3 is 14.2 Å². The Kier molecular flexibility index (Phi) is 7.82. The van der Waals surface area contributed by atoms with E-state index in [9.17, 15) is 4.79 Å². The topological polar surface area (TPSA) is 44.8 Å². The largest absolute Gasteiger partial charge is 0.493 e. The molecule has 0 bridgehead atoms. The lowest BCUT2D eigenvalue weighted by Gasteiger charge is -2.14. The predicted molar refractivity (Wildman–Crippen MR) is 107 cm³/mol. The zero-order chi connectivity index (χ0) is 19.1. The van der Waals surface area contributed by atoms with E-state index in [1.165, 1.54) is 6.08 Å². The monoisotopic (exact) mass is 458 g/mol. The average molecular weight is 460 g/mol. The third kappa shape index (κ3) is 5.66. The first-order chi connectivity index (χ1) is 12.4. The van der Waals surface area contributed by atoms with Crippen LogP contribution in [0.4, 0.5) is 0 Å². The zero-order valence-electron chi connectivity index (χ0n) is 14.2. The standard InChI is InChI=1S/C19H17BrCl2O4/c1-3-25-18(23)7-4-12-8-15(20)19(17(9-12)24-2)26-11-13-5-6-14(21)10-16(13)22/h4-10H,3,11H2,1-2H3/b7-4+. The molecule has 0 atom stereocenters. The summed E-state index contributed by atoms with van der Waals surface area (Å²) in [4.78, 5) is 11.4. The second-order valence-corrected chi connectivity index (χ2v) is 6.84. The second-order valence-electron chi connectivity index (χ2n) is 5.14. The Bertz CT molecular complexity index is 821. The van der Waals surface area contributed by atoms with Gasteiger partial charge in [0.2, 0.25) is 0 Å².